The number of hydrogen-bond donors (Lipinski definition) is 0. The summed E-state index contributed by atoms with van der Waals surface area (Å²) in [5.74, 6) is -0.139. The van der Waals surface area contributed by atoms with Gasteiger partial charge in [-0.25, -0.2) is 21.8 Å². The molecule has 10 heteroatoms. The number of benzene rings is 1. The van der Waals surface area contributed by atoms with E-state index in [1.54, 1.807) is 12.1 Å². The summed E-state index contributed by atoms with van der Waals surface area (Å²) in [6.45, 7) is 8.13. The van der Waals surface area contributed by atoms with E-state index in [9.17, 15) is 16.8 Å². The summed E-state index contributed by atoms with van der Waals surface area (Å²) in [5.41, 5.74) is 0.933. The molecule has 1 aliphatic rings. The molecule has 2 heterocycles. The monoisotopic (exact) mass is 444 g/mol. The molecule has 1 fully saturated rings. The molecule has 154 valence electrons. The number of morpholine rings is 1. The molecular formula is C18H24N2O5S3. The van der Waals surface area contributed by atoms with Gasteiger partial charge in [-0.1, -0.05) is 36.0 Å². The maximum atomic E-state index is 13.3. The fourth-order valence-electron chi connectivity index (χ4n) is 3.08. The fraction of sp³-hybridized carbons (Fsp3) is 0.500. The SMILES string of the molecule is CCS(=O)(=O)c1nc(S(=O)(=O)c2ccc(C)cc2)c(N2C[C@H](C)O[C@@H](C)C2)s1. The van der Waals surface area contributed by atoms with Crippen LogP contribution in [0.1, 0.15) is 26.3 Å². The van der Waals surface area contributed by atoms with Gasteiger partial charge in [0.25, 0.3) is 0 Å². The Morgan fingerprint density at radius 2 is 1.68 bits per heavy atom. The van der Waals surface area contributed by atoms with Crippen LogP contribution in [-0.4, -0.2) is 52.9 Å². The molecule has 0 aliphatic carbocycles. The third kappa shape index (κ3) is 4.10. The number of nitrogens with zero attached hydrogens (tertiary/aromatic N) is 2. The average molecular weight is 445 g/mol. The molecule has 1 saturated heterocycles. The topological polar surface area (TPSA) is 93.6 Å². The number of aryl methyl sites for hydroxylation is 1. The maximum Gasteiger partial charge on any atom is 0.226 e. The van der Waals surface area contributed by atoms with Crippen LogP contribution in [0.4, 0.5) is 5.00 Å². The Kier molecular flexibility index (Phi) is 5.86. The van der Waals surface area contributed by atoms with Crippen molar-refractivity contribution in [1.82, 2.24) is 4.98 Å². The van der Waals surface area contributed by atoms with Gasteiger partial charge in [0.1, 0.15) is 5.00 Å². The second-order valence-corrected chi connectivity index (χ2v) is 12.3. The third-order valence-corrected chi connectivity index (χ3v) is 9.62. The Balaban J connectivity index is 2.17. The first kappa shape index (κ1) is 21.2. The van der Waals surface area contributed by atoms with Gasteiger partial charge >= 0.3 is 0 Å². The average Bonchev–Trinajstić information content (AvgIpc) is 3.08. The van der Waals surface area contributed by atoms with Crippen molar-refractivity contribution in [3.63, 3.8) is 0 Å². The van der Waals surface area contributed by atoms with Gasteiger partial charge in [0, 0.05) is 13.1 Å². The minimum atomic E-state index is -3.97. The predicted molar refractivity (Wildman–Crippen MR) is 109 cm³/mol. The van der Waals surface area contributed by atoms with E-state index < -0.39 is 19.7 Å². The number of thiazole rings is 1. The number of hydrogen-bond acceptors (Lipinski definition) is 8. The van der Waals surface area contributed by atoms with E-state index in [0.717, 1.165) is 16.9 Å². The summed E-state index contributed by atoms with van der Waals surface area (Å²) < 4.78 is 56.9. The minimum absolute atomic E-state index is 0.0967. The van der Waals surface area contributed by atoms with Crippen molar-refractivity contribution in [3.8, 4) is 0 Å². The standard InChI is InChI=1S/C18H24N2O5S3/c1-5-27(21,22)18-19-16(28(23,24)15-8-6-12(2)7-9-15)17(26-18)20-10-13(3)25-14(4)11-20/h6-9,13-14H,5,10-11H2,1-4H3/t13-,14-/m0/s1. The van der Waals surface area contributed by atoms with Gasteiger partial charge in [-0.3, -0.25) is 0 Å². The summed E-state index contributed by atoms with van der Waals surface area (Å²) in [5, 5.41) is 0.157. The fourth-order valence-corrected chi connectivity index (χ4v) is 7.23. The highest BCUT2D eigenvalue weighted by atomic mass is 32.2. The van der Waals surface area contributed by atoms with E-state index in [2.05, 4.69) is 4.98 Å². The predicted octanol–water partition coefficient (Wildman–Crippen LogP) is 2.69. The molecule has 0 spiro atoms. The van der Waals surface area contributed by atoms with Gasteiger partial charge in [-0.2, -0.15) is 0 Å². The van der Waals surface area contributed by atoms with Crippen molar-refractivity contribution in [2.75, 3.05) is 23.7 Å². The molecule has 0 bridgehead atoms. The molecule has 28 heavy (non-hydrogen) atoms. The van der Waals surface area contributed by atoms with Gasteiger partial charge in [0.2, 0.25) is 24.0 Å². The zero-order valence-electron chi connectivity index (χ0n) is 16.2. The highest BCUT2D eigenvalue weighted by Gasteiger charge is 2.34. The van der Waals surface area contributed by atoms with Crippen molar-refractivity contribution >= 4 is 36.0 Å². The quantitative estimate of drug-likeness (QED) is 0.700. The summed E-state index contributed by atoms with van der Waals surface area (Å²) in [4.78, 5) is 6.07. The molecule has 0 amide bonds. The molecule has 1 aliphatic heterocycles. The van der Waals surface area contributed by atoms with Crippen LogP contribution in [0, 0.1) is 6.92 Å². The molecule has 3 rings (SSSR count). The summed E-state index contributed by atoms with van der Waals surface area (Å²) in [6.07, 6.45) is -0.209. The van der Waals surface area contributed by atoms with Gasteiger partial charge in [-0.05, 0) is 32.9 Å². The summed E-state index contributed by atoms with van der Waals surface area (Å²) in [6, 6.07) is 6.46. The number of anilines is 1. The number of aromatic nitrogens is 1. The first-order chi connectivity index (χ1) is 13.0. The lowest BCUT2D eigenvalue weighted by molar-refractivity contribution is -0.00517. The Bertz CT molecular complexity index is 1050. The van der Waals surface area contributed by atoms with E-state index in [0.29, 0.717) is 18.1 Å². The first-order valence-corrected chi connectivity index (χ1v) is 13.0. The van der Waals surface area contributed by atoms with Crippen LogP contribution in [0.2, 0.25) is 0 Å². The second-order valence-electron chi connectivity index (χ2n) is 6.97. The summed E-state index contributed by atoms with van der Waals surface area (Å²) in [7, 11) is -7.60. The number of sulfone groups is 2. The Hall–Kier alpha value is -1.49. The van der Waals surface area contributed by atoms with Crippen LogP contribution in [0.15, 0.2) is 38.5 Å². The smallest absolute Gasteiger partial charge is 0.226 e. The minimum Gasteiger partial charge on any atom is -0.372 e. The molecule has 7 nitrogen and oxygen atoms in total. The van der Waals surface area contributed by atoms with Crippen LogP contribution >= 0.6 is 11.3 Å². The first-order valence-electron chi connectivity index (χ1n) is 9.00. The largest absolute Gasteiger partial charge is 0.372 e. The summed E-state index contributed by atoms with van der Waals surface area (Å²) >= 11 is 0.918. The van der Waals surface area contributed by atoms with E-state index in [1.807, 2.05) is 25.7 Å². The van der Waals surface area contributed by atoms with Gasteiger partial charge in [-0.15, -0.1) is 0 Å². The Morgan fingerprint density at radius 3 is 2.21 bits per heavy atom. The van der Waals surface area contributed by atoms with E-state index >= 15 is 0 Å². The van der Waals surface area contributed by atoms with Crippen LogP contribution < -0.4 is 4.90 Å². The molecule has 1 aromatic heterocycles. The van der Waals surface area contributed by atoms with E-state index in [-0.39, 0.29) is 32.2 Å². The maximum absolute atomic E-state index is 13.3. The zero-order chi connectivity index (χ0) is 20.7. The lowest BCUT2D eigenvalue weighted by Crippen LogP contribution is -2.45. The molecule has 1 aromatic carbocycles. The van der Waals surface area contributed by atoms with E-state index in [1.165, 1.54) is 19.1 Å². The molecule has 0 unspecified atom stereocenters. The van der Waals surface area contributed by atoms with Crippen molar-refractivity contribution in [2.45, 2.75) is 54.2 Å². The van der Waals surface area contributed by atoms with E-state index in [4.69, 9.17) is 4.74 Å². The van der Waals surface area contributed by atoms with Crippen molar-refractivity contribution in [1.29, 1.82) is 0 Å². The number of ether oxygens (including phenoxy) is 1. The molecule has 0 saturated carbocycles. The Labute approximate surface area is 170 Å². The molecule has 0 N–H and O–H groups in total. The zero-order valence-corrected chi connectivity index (χ0v) is 18.7. The van der Waals surface area contributed by atoms with Crippen LogP contribution in [0.3, 0.4) is 0 Å². The highest BCUT2D eigenvalue weighted by molar-refractivity contribution is 7.94. The normalized spacial score (nSPS) is 21.1. The molecule has 2 aromatic rings. The van der Waals surface area contributed by atoms with Gasteiger partial charge < -0.3 is 9.64 Å². The van der Waals surface area contributed by atoms with Crippen molar-refractivity contribution < 1.29 is 21.6 Å². The lowest BCUT2D eigenvalue weighted by atomic mass is 10.2. The lowest BCUT2D eigenvalue weighted by Gasteiger charge is -2.36. The van der Waals surface area contributed by atoms with Gasteiger partial charge in [0.05, 0.1) is 22.9 Å². The second kappa shape index (κ2) is 7.74. The molecule has 2 atom stereocenters. The van der Waals surface area contributed by atoms with Crippen LogP contribution in [-0.2, 0) is 24.4 Å². The molecular weight excluding hydrogens is 420 g/mol. The van der Waals surface area contributed by atoms with Crippen molar-refractivity contribution in [2.24, 2.45) is 0 Å². The third-order valence-electron chi connectivity index (χ3n) is 4.50. The van der Waals surface area contributed by atoms with Crippen LogP contribution in [0.25, 0.3) is 0 Å². The number of rotatable bonds is 5. The molecule has 0 radical (unpaired) electrons. The highest BCUT2D eigenvalue weighted by Crippen LogP contribution is 2.38. The van der Waals surface area contributed by atoms with Crippen molar-refractivity contribution in [3.05, 3.63) is 29.8 Å². The van der Waals surface area contributed by atoms with Gasteiger partial charge in [0.15, 0.2) is 5.03 Å². The Morgan fingerprint density at radius 1 is 1.11 bits per heavy atom. The van der Waals surface area contributed by atoms with Crippen LogP contribution in [0.5, 0.6) is 0 Å².